The largest absolute Gasteiger partial charge is 0.416 e. The summed E-state index contributed by atoms with van der Waals surface area (Å²) in [5, 5.41) is 0.370. The first-order chi connectivity index (χ1) is 16.8. The zero-order chi connectivity index (χ0) is 29.6. The molecule has 4 nitrogen and oxygen atoms in total. The van der Waals surface area contributed by atoms with Gasteiger partial charge in [0.2, 0.25) is 0 Å². The molecule has 1 unspecified atom stereocenters. The molecule has 222 valence electrons. The van der Waals surface area contributed by atoms with E-state index in [1.54, 1.807) is 0 Å². The topological polar surface area (TPSA) is 44.8 Å². The van der Waals surface area contributed by atoms with Gasteiger partial charge in [0.05, 0.1) is 12.2 Å². The second kappa shape index (κ2) is 9.35. The maximum atomic E-state index is 13.3. The van der Waals surface area contributed by atoms with Crippen LogP contribution in [0, 0.1) is 22.2 Å². The highest BCUT2D eigenvalue weighted by Gasteiger charge is 2.88. The van der Waals surface area contributed by atoms with Gasteiger partial charge in [0.1, 0.15) is 6.29 Å². The Balaban J connectivity index is 2.16. The molecule has 0 N–H and O–H groups in total. The van der Waals surface area contributed by atoms with Crippen LogP contribution >= 0.6 is 0 Å². The van der Waals surface area contributed by atoms with Crippen molar-refractivity contribution in [1.29, 1.82) is 0 Å². The molecule has 6 atom stereocenters. The van der Waals surface area contributed by atoms with E-state index in [0.717, 1.165) is 25.7 Å². The van der Waals surface area contributed by atoms with Crippen molar-refractivity contribution < 1.29 is 18.1 Å². The number of hydrogen-bond acceptors (Lipinski definition) is 4. The molecule has 0 radical (unpaired) electrons. The van der Waals surface area contributed by atoms with Crippen molar-refractivity contribution in [3.63, 3.8) is 0 Å². The first-order valence-electron chi connectivity index (χ1n) is 15.2. The smallest absolute Gasteiger partial charge is 0.192 e. The summed E-state index contributed by atoms with van der Waals surface area (Å²) in [5.41, 5.74) is -0.682. The monoisotopic (exact) mass is 582 g/mol. The van der Waals surface area contributed by atoms with Gasteiger partial charge in [0, 0.05) is 23.4 Å². The Kier molecular flexibility index (Phi) is 8.05. The molecule has 1 spiro atoms. The summed E-state index contributed by atoms with van der Waals surface area (Å²) >= 11 is 0. The van der Waals surface area contributed by atoms with Crippen LogP contribution in [0.1, 0.15) is 94.9 Å². The van der Waals surface area contributed by atoms with Gasteiger partial charge in [0.25, 0.3) is 0 Å². The fraction of sp³-hybridized carbons (Fsp3) is 0.968. The molecular formula is C31H62O4Si3. The van der Waals surface area contributed by atoms with Crippen LogP contribution in [0.15, 0.2) is 0 Å². The average molecular weight is 583 g/mol. The van der Waals surface area contributed by atoms with Gasteiger partial charge < -0.3 is 18.1 Å². The Labute approximate surface area is 239 Å². The molecule has 0 aromatic carbocycles. The van der Waals surface area contributed by atoms with Crippen LogP contribution in [0.2, 0.25) is 54.4 Å². The zero-order valence-corrected chi connectivity index (χ0v) is 31.0. The van der Waals surface area contributed by atoms with Crippen molar-refractivity contribution in [2.45, 2.75) is 162 Å². The van der Waals surface area contributed by atoms with E-state index < -0.39 is 30.4 Å². The molecule has 4 rings (SSSR count). The van der Waals surface area contributed by atoms with Crippen LogP contribution in [0.5, 0.6) is 0 Å². The molecule has 38 heavy (non-hydrogen) atoms. The molecule has 0 aliphatic heterocycles. The zero-order valence-electron chi connectivity index (χ0n) is 28.0. The van der Waals surface area contributed by atoms with Gasteiger partial charge in [-0.25, -0.2) is 0 Å². The summed E-state index contributed by atoms with van der Waals surface area (Å²) in [7, 11) is -6.12. The SMILES string of the molecule is CC(C)(C)[Si](C)(C)OCC1[C@]23[C@@H](O[Si](C)(C)C(C)(C)C)C[C@@]1(C=O)[C@]2(C)CCC[C@H]3O[Si](C)(C)C(C)(C)C. The van der Waals surface area contributed by atoms with Gasteiger partial charge in [-0.2, -0.15) is 0 Å². The van der Waals surface area contributed by atoms with Gasteiger partial charge in [-0.05, 0) is 79.1 Å². The van der Waals surface area contributed by atoms with Gasteiger partial charge >= 0.3 is 0 Å². The normalized spacial score (nSPS) is 36.6. The van der Waals surface area contributed by atoms with Crippen LogP contribution in [0.25, 0.3) is 0 Å². The fourth-order valence-electron chi connectivity index (χ4n) is 7.48. The molecule has 2 bridgehead atoms. The van der Waals surface area contributed by atoms with Crippen molar-refractivity contribution in [1.82, 2.24) is 0 Å². The predicted molar refractivity (Wildman–Crippen MR) is 168 cm³/mol. The van der Waals surface area contributed by atoms with E-state index in [4.69, 9.17) is 13.3 Å². The third-order valence-electron chi connectivity index (χ3n) is 13.0. The van der Waals surface area contributed by atoms with Crippen LogP contribution in [0.4, 0.5) is 0 Å². The van der Waals surface area contributed by atoms with E-state index in [-0.39, 0.29) is 44.1 Å². The molecule has 0 amide bonds. The van der Waals surface area contributed by atoms with Crippen LogP contribution in [-0.4, -0.2) is 50.1 Å². The molecule has 0 aromatic heterocycles. The Morgan fingerprint density at radius 1 is 0.763 bits per heavy atom. The average Bonchev–Trinajstić information content (AvgIpc) is 3.11. The first-order valence-corrected chi connectivity index (χ1v) is 24.0. The predicted octanol–water partition coefficient (Wildman–Crippen LogP) is 9.18. The third-order valence-corrected chi connectivity index (χ3v) is 26.5. The second-order valence-corrected chi connectivity index (χ2v) is 32.2. The minimum absolute atomic E-state index is 0.0432. The molecule has 7 heteroatoms. The number of carbonyl (C=O) groups excluding carboxylic acids is 1. The third kappa shape index (κ3) is 4.47. The summed E-state index contributed by atoms with van der Waals surface area (Å²) in [6.07, 6.45) is 5.58. The van der Waals surface area contributed by atoms with Crippen molar-refractivity contribution in [2.75, 3.05) is 6.61 Å². The van der Waals surface area contributed by atoms with E-state index in [0.29, 0.717) is 6.61 Å². The lowest BCUT2D eigenvalue weighted by molar-refractivity contribution is -0.281. The second-order valence-electron chi connectivity index (χ2n) is 17.9. The lowest BCUT2D eigenvalue weighted by Gasteiger charge is -2.73. The maximum absolute atomic E-state index is 13.3. The lowest BCUT2D eigenvalue weighted by atomic mass is 9.32. The first kappa shape index (κ1) is 32.7. The summed E-state index contributed by atoms with van der Waals surface area (Å²) in [6.45, 7) is 38.2. The number of fused-ring (bicyclic) bond motifs is 1. The summed E-state index contributed by atoms with van der Waals surface area (Å²) in [5.74, 6) is 0.150. The van der Waals surface area contributed by atoms with Crippen LogP contribution in [0.3, 0.4) is 0 Å². The quantitative estimate of drug-likeness (QED) is 0.211. The van der Waals surface area contributed by atoms with E-state index in [1.165, 1.54) is 6.29 Å². The van der Waals surface area contributed by atoms with Crippen molar-refractivity contribution >= 4 is 31.2 Å². The fourth-order valence-corrected chi connectivity index (χ4v) is 11.2. The highest BCUT2D eigenvalue weighted by molar-refractivity contribution is 6.75. The van der Waals surface area contributed by atoms with Gasteiger partial charge in [0.15, 0.2) is 25.0 Å². The van der Waals surface area contributed by atoms with Gasteiger partial charge in [-0.1, -0.05) is 75.7 Å². The number of aldehydes is 1. The molecule has 0 saturated heterocycles. The number of rotatable bonds is 8. The van der Waals surface area contributed by atoms with Crippen LogP contribution in [-0.2, 0) is 18.1 Å². The lowest BCUT2D eigenvalue weighted by Crippen LogP contribution is -2.76. The number of hydrogen-bond donors (Lipinski definition) is 0. The summed E-state index contributed by atoms with van der Waals surface area (Å²) in [4.78, 5) is 13.3. The van der Waals surface area contributed by atoms with Gasteiger partial charge in [-0.15, -0.1) is 0 Å². The van der Waals surface area contributed by atoms with Crippen molar-refractivity contribution in [3.05, 3.63) is 0 Å². The molecule has 4 aliphatic rings. The molecule has 4 fully saturated rings. The number of carbonyl (C=O) groups is 1. The van der Waals surface area contributed by atoms with Gasteiger partial charge in [-0.3, -0.25) is 0 Å². The molecule has 4 aliphatic carbocycles. The molecular weight excluding hydrogens is 521 g/mol. The van der Waals surface area contributed by atoms with Crippen molar-refractivity contribution in [2.24, 2.45) is 22.2 Å². The maximum Gasteiger partial charge on any atom is 0.192 e. The standard InChI is InChI=1S/C31H62O4Si3/c1-26(2,3)36(11,12)33-21-23-30(22-32)20-25(35-38(15,16)28(7,8)9)31(23)24(18-17-19-29(30,31)10)34-37(13,14)27(4,5)6/h22-25H,17-21H2,1-16H3/t23?,24-,25+,29+,30+,31+/m1/s1. The highest BCUT2D eigenvalue weighted by atomic mass is 28.4. The Bertz CT molecular complexity index is 910. The highest BCUT2D eigenvalue weighted by Crippen LogP contribution is 2.85. The van der Waals surface area contributed by atoms with E-state index in [2.05, 4.69) is 109 Å². The Hall–Kier alpha value is 0.201. The van der Waals surface area contributed by atoms with E-state index in [1.807, 2.05) is 0 Å². The minimum atomic E-state index is -2.08. The Morgan fingerprint density at radius 3 is 1.63 bits per heavy atom. The summed E-state index contributed by atoms with van der Waals surface area (Å²) in [6, 6.07) is 0. The summed E-state index contributed by atoms with van der Waals surface area (Å²) < 4.78 is 21.8. The van der Waals surface area contributed by atoms with E-state index in [9.17, 15) is 4.79 Å². The van der Waals surface area contributed by atoms with E-state index >= 15 is 0 Å². The molecule has 0 aromatic rings. The minimum Gasteiger partial charge on any atom is -0.416 e. The molecule has 4 saturated carbocycles. The van der Waals surface area contributed by atoms with Crippen molar-refractivity contribution in [3.8, 4) is 0 Å². The Morgan fingerprint density at radius 2 is 1.21 bits per heavy atom. The molecule has 0 heterocycles. The van der Waals surface area contributed by atoms with Crippen LogP contribution < -0.4 is 0 Å².